The van der Waals surface area contributed by atoms with Crippen molar-refractivity contribution in [2.45, 2.75) is 19.3 Å². The second kappa shape index (κ2) is 4.16. The molecule has 1 aliphatic heterocycles. The molecule has 2 aliphatic rings. The summed E-state index contributed by atoms with van der Waals surface area (Å²) in [6.07, 6.45) is 3.27. The highest BCUT2D eigenvalue weighted by atomic mass is 79.9. The SMILES string of the molecule is O=C1C(=O)N(CCC2CC2)c2cc(F)c(Br)cc21. The van der Waals surface area contributed by atoms with E-state index in [-0.39, 0.29) is 4.47 Å². The van der Waals surface area contributed by atoms with Crippen molar-refractivity contribution < 1.29 is 14.0 Å². The zero-order valence-corrected chi connectivity index (χ0v) is 11.2. The summed E-state index contributed by atoms with van der Waals surface area (Å²) in [5.41, 5.74) is 0.704. The highest BCUT2D eigenvalue weighted by molar-refractivity contribution is 9.10. The number of carbonyl (C=O) groups is 2. The van der Waals surface area contributed by atoms with E-state index in [4.69, 9.17) is 0 Å². The van der Waals surface area contributed by atoms with Gasteiger partial charge in [0.15, 0.2) is 0 Å². The molecule has 0 radical (unpaired) electrons. The van der Waals surface area contributed by atoms with Gasteiger partial charge in [0, 0.05) is 6.54 Å². The molecule has 0 bridgehead atoms. The van der Waals surface area contributed by atoms with E-state index in [2.05, 4.69) is 15.9 Å². The van der Waals surface area contributed by atoms with Crippen LogP contribution < -0.4 is 4.90 Å². The van der Waals surface area contributed by atoms with E-state index in [1.165, 1.54) is 29.9 Å². The summed E-state index contributed by atoms with van der Waals surface area (Å²) in [4.78, 5) is 25.1. The number of fused-ring (bicyclic) bond motifs is 1. The van der Waals surface area contributed by atoms with Gasteiger partial charge in [-0.1, -0.05) is 12.8 Å². The zero-order valence-electron chi connectivity index (χ0n) is 9.58. The largest absolute Gasteiger partial charge is 0.305 e. The summed E-state index contributed by atoms with van der Waals surface area (Å²) in [7, 11) is 0. The molecule has 5 heteroatoms. The Kier molecular flexibility index (Phi) is 2.73. The fourth-order valence-corrected chi connectivity index (χ4v) is 2.57. The van der Waals surface area contributed by atoms with Crippen LogP contribution in [0.3, 0.4) is 0 Å². The van der Waals surface area contributed by atoms with Gasteiger partial charge in [0.25, 0.3) is 11.7 Å². The minimum absolute atomic E-state index is 0.214. The molecule has 0 saturated heterocycles. The summed E-state index contributed by atoms with van der Waals surface area (Å²) in [5, 5.41) is 0. The van der Waals surface area contributed by atoms with Gasteiger partial charge in [-0.3, -0.25) is 9.59 Å². The van der Waals surface area contributed by atoms with Crippen LogP contribution in [0, 0.1) is 11.7 Å². The number of anilines is 1. The number of rotatable bonds is 3. The molecule has 0 aromatic heterocycles. The number of halogens is 2. The molecule has 0 spiro atoms. The molecule has 1 amide bonds. The summed E-state index contributed by atoms with van der Waals surface area (Å²) >= 11 is 3.03. The van der Waals surface area contributed by atoms with Gasteiger partial charge in [0.05, 0.1) is 15.7 Å². The number of hydrogen-bond donors (Lipinski definition) is 0. The molecule has 1 heterocycles. The average Bonchev–Trinajstić information content (AvgIpc) is 3.12. The van der Waals surface area contributed by atoms with Crippen LogP contribution in [0.4, 0.5) is 10.1 Å². The van der Waals surface area contributed by atoms with Crippen LogP contribution in [-0.4, -0.2) is 18.2 Å². The van der Waals surface area contributed by atoms with Crippen molar-refractivity contribution in [3.8, 4) is 0 Å². The number of amides is 1. The highest BCUT2D eigenvalue weighted by Crippen LogP contribution is 2.36. The molecule has 94 valence electrons. The molecule has 1 aliphatic carbocycles. The van der Waals surface area contributed by atoms with Crippen LogP contribution in [0.5, 0.6) is 0 Å². The fraction of sp³-hybridized carbons (Fsp3) is 0.385. The number of carbonyl (C=O) groups excluding carboxylic acids is 2. The van der Waals surface area contributed by atoms with Crippen molar-refractivity contribution in [1.29, 1.82) is 0 Å². The molecule has 1 saturated carbocycles. The quantitative estimate of drug-likeness (QED) is 0.805. The Bertz CT molecular complexity index is 554. The van der Waals surface area contributed by atoms with Gasteiger partial charge in [0.1, 0.15) is 5.82 Å². The molecule has 18 heavy (non-hydrogen) atoms. The Hall–Kier alpha value is -1.23. The van der Waals surface area contributed by atoms with Crippen molar-refractivity contribution in [3.63, 3.8) is 0 Å². The lowest BCUT2D eigenvalue weighted by molar-refractivity contribution is -0.114. The Morgan fingerprint density at radius 2 is 2.06 bits per heavy atom. The first kappa shape index (κ1) is 11.8. The van der Waals surface area contributed by atoms with Crippen molar-refractivity contribution in [2.24, 2.45) is 5.92 Å². The summed E-state index contributed by atoms with van der Waals surface area (Å²) < 4.78 is 13.7. The van der Waals surface area contributed by atoms with E-state index < -0.39 is 17.5 Å². The van der Waals surface area contributed by atoms with Gasteiger partial charge in [-0.15, -0.1) is 0 Å². The Morgan fingerprint density at radius 3 is 2.72 bits per heavy atom. The van der Waals surface area contributed by atoms with Crippen LogP contribution in [-0.2, 0) is 4.79 Å². The second-order valence-corrected chi connectivity index (χ2v) is 5.66. The number of ketones is 1. The van der Waals surface area contributed by atoms with Gasteiger partial charge in [-0.25, -0.2) is 4.39 Å². The third-order valence-corrected chi connectivity index (χ3v) is 4.08. The van der Waals surface area contributed by atoms with Crippen LogP contribution >= 0.6 is 15.9 Å². The molecule has 3 rings (SSSR count). The Balaban J connectivity index is 1.94. The van der Waals surface area contributed by atoms with Gasteiger partial charge in [-0.05, 0) is 40.4 Å². The zero-order chi connectivity index (χ0) is 12.9. The molecule has 1 fully saturated rings. The molecular weight excluding hydrogens is 301 g/mol. The Morgan fingerprint density at radius 1 is 1.33 bits per heavy atom. The van der Waals surface area contributed by atoms with Crippen LogP contribution in [0.2, 0.25) is 0 Å². The molecule has 3 nitrogen and oxygen atoms in total. The lowest BCUT2D eigenvalue weighted by Crippen LogP contribution is -2.30. The number of hydrogen-bond acceptors (Lipinski definition) is 2. The third-order valence-electron chi connectivity index (χ3n) is 3.47. The van der Waals surface area contributed by atoms with Crippen molar-refractivity contribution >= 4 is 33.3 Å². The predicted octanol–water partition coefficient (Wildman–Crippen LogP) is 2.92. The number of nitrogens with zero attached hydrogens (tertiary/aromatic N) is 1. The molecule has 1 aromatic rings. The number of Topliss-reactive ketones (excluding diaryl/α,β-unsaturated/α-hetero) is 1. The minimum atomic E-state index is -0.540. The molecule has 0 atom stereocenters. The summed E-state index contributed by atoms with van der Waals surface area (Å²) in [6.45, 7) is 0.503. The third kappa shape index (κ3) is 1.86. The summed E-state index contributed by atoms with van der Waals surface area (Å²) in [5.74, 6) is -0.866. The van der Waals surface area contributed by atoms with E-state index in [1.807, 2.05) is 0 Å². The molecule has 0 unspecified atom stereocenters. The van der Waals surface area contributed by atoms with E-state index in [0.29, 0.717) is 23.7 Å². The van der Waals surface area contributed by atoms with Crippen molar-refractivity contribution in [3.05, 3.63) is 28.0 Å². The molecular formula is C13H11BrFNO2. The van der Waals surface area contributed by atoms with Gasteiger partial charge in [-0.2, -0.15) is 0 Å². The van der Waals surface area contributed by atoms with E-state index in [1.54, 1.807) is 0 Å². The first-order valence-electron chi connectivity index (χ1n) is 5.93. The standard InChI is InChI=1S/C13H11BrFNO2/c14-9-5-8-11(6-10(9)15)16(13(18)12(8)17)4-3-7-1-2-7/h5-7H,1-4H2. The molecule has 0 N–H and O–H groups in total. The smallest absolute Gasteiger partial charge is 0.299 e. The van der Waals surface area contributed by atoms with Gasteiger partial charge >= 0.3 is 0 Å². The van der Waals surface area contributed by atoms with E-state index >= 15 is 0 Å². The van der Waals surface area contributed by atoms with Crippen LogP contribution in [0.15, 0.2) is 16.6 Å². The monoisotopic (exact) mass is 311 g/mol. The first-order chi connectivity index (χ1) is 8.58. The topological polar surface area (TPSA) is 37.4 Å². The fourth-order valence-electron chi connectivity index (χ4n) is 2.23. The normalized spacial score (nSPS) is 18.4. The maximum Gasteiger partial charge on any atom is 0.299 e. The average molecular weight is 312 g/mol. The summed E-state index contributed by atoms with van der Waals surface area (Å²) in [6, 6.07) is 2.65. The van der Waals surface area contributed by atoms with Crippen LogP contribution in [0.1, 0.15) is 29.6 Å². The minimum Gasteiger partial charge on any atom is -0.305 e. The van der Waals surface area contributed by atoms with E-state index in [9.17, 15) is 14.0 Å². The second-order valence-electron chi connectivity index (χ2n) is 4.80. The first-order valence-corrected chi connectivity index (χ1v) is 6.72. The van der Waals surface area contributed by atoms with Crippen molar-refractivity contribution in [2.75, 3.05) is 11.4 Å². The van der Waals surface area contributed by atoms with Crippen molar-refractivity contribution in [1.82, 2.24) is 0 Å². The van der Waals surface area contributed by atoms with Gasteiger partial charge < -0.3 is 4.90 Å². The van der Waals surface area contributed by atoms with E-state index in [0.717, 1.165) is 6.42 Å². The predicted molar refractivity (Wildman–Crippen MR) is 68.1 cm³/mol. The highest BCUT2D eigenvalue weighted by Gasteiger charge is 2.37. The maximum atomic E-state index is 13.5. The van der Waals surface area contributed by atoms with Crippen LogP contribution in [0.25, 0.3) is 0 Å². The maximum absolute atomic E-state index is 13.5. The molecule has 1 aromatic carbocycles. The number of benzene rings is 1. The van der Waals surface area contributed by atoms with Gasteiger partial charge in [0.2, 0.25) is 0 Å². The lowest BCUT2D eigenvalue weighted by atomic mass is 10.1. The lowest BCUT2D eigenvalue weighted by Gasteiger charge is -2.16. The Labute approximate surface area is 112 Å².